The van der Waals surface area contributed by atoms with Crippen LogP contribution in [0.5, 0.6) is 0 Å². The van der Waals surface area contributed by atoms with Crippen molar-refractivity contribution in [1.29, 1.82) is 0 Å². The Hall–Kier alpha value is -2.80. The highest BCUT2D eigenvalue weighted by atomic mass is 32.2. The summed E-state index contributed by atoms with van der Waals surface area (Å²) in [6, 6.07) is 17.5. The van der Waals surface area contributed by atoms with E-state index in [0.29, 0.717) is 11.0 Å². The van der Waals surface area contributed by atoms with Crippen LogP contribution in [0.15, 0.2) is 59.8 Å². The molecule has 134 valence electrons. The molecule has 0 saturated carbocycles. The minimum atomic E-state index is -0.317. The Labute approximate surface area is 157 Å². The first-order chi connectivity index (χ1) is 12.5. The minimum Gasteiger partial charge on any atom is -0.378 e. The van der Waals surface area contributed by atoms with Crippen LogP contribution in [0.1, 0.15) is 6.92 Å². The van der Waals surface area contributed by atoms with Crippen LogP contribution in [0, 0.1) is 0 Å². The van der Waals surface area contributed by atoms with Gasteiger partial charge in [-0.1, -0.05) is 42.1 Å². The largest absolute Gasteiger partial charge is 0.378 e. The molecule has 26 heavy (non-hydrogen) atoms. The van der Waals surface area contributed by atoms with E-state index >= 15 is 0 Å². The van der Waals surface area contributed by atoms with Crippen LogP contribution in [0.4, 0.5) is 11.4 Å². The van der Waals surface area contributed by atoms with Gasteiger partial charge < -0.3 is 10.2 Å². The van der Waals surface area contributed by atoms with Gasteiger partial charge in [-0.2, -0.15) is 0 Å². The summed E-state index contributed by atoms with van der Waals surface area (Å²) in [5.74, 6) is 0.610. The smallest absolute Gasteiger partial charge is 0.237 e. The predicted octanol–water partition coefficient (Wildman–Crippen LogP) is 3.66. The number of carbonyl (C=O) groups is 1. The van der Waals surface area contributed by atoms with E-state index in [1.54, 1.807) is 0 Å². The van der Waals surface area contributed by atoms with Crippen LogP contribution in [0.3, 0.4) is 0 Å². The standard InChI is InChI=1S/C19H21N5OS/c1-13(18(25)20-15-9-11-16(12-10-15)24(2)3)26-19-21-17(22-23-19)14-7-5-4-6-8-14/h4-13H,1-3H3,(H,20,25)(H,21,22,23)/t13-/m1/s1. The van der Waals surface area contributed by atoms with E-state index in [1.165, 1.54) is 11.8 Å². The molecule has 3 rings (SSSR count). The second kappa shape index (κ2) is 8.05. The summed E-state index contributed by atoms with van der Waals surface area (Å²) in [5, 5.41) is 10.3. The summed E-state index contributed by atoms with van der Waals surface area (Å²) in [4.78, 5) is 18.9. The molecule has 0 spiro atoms. The van der Waals surface area contributed by atoms with Crippen LogP contribution in [-0.2, 0) is 4.79 Å². The molecule has 1 heterocycles. The van der Waals surface area contributed by atoms with Crippen LogP contribution in [0.25, 0.3) is 11.4 Å². The summed E-state index contributed by atoms with van der Waals surface area (Å²) < 4.78 is 0. The van der Waals surface area contributed by atoms with Gasteiger partial charge in [0, 0.05) is 31.0 Å². The third kappa shape index (κ3) is 4.43. The molecule has 2 N–H and O–H groups in total. The van der Waals surface area contributed by atoms with Gasteiger partial charge >= 0.3 is 0 Å². The fourth-order valence-electron chi connectivity index (χ4n) is 2.32. The number of rotatable bonds is 6. The van der Waals surface area contributed by atoms with Crippen molar-refractivity contribution in [2.75, 3.05) is 24.3 Å². The molecule has 6 nitrogen and oxygen atoms in total. The summed E-state index contributed by atoms with van der Waals surface area (Å²) in [6.07, 6.45) is 0. The lowest BCUT2D eigenvalue weighted by atomic mass is 10.2. The van der Waals surface area contributed by atoms with Gasteiger partial charge in [0.15, 0.2) is 5.82 Å². The lowest BCUT2D eigenvalue weighted by Gasteiger charge is -2.14. The second-order valence-electron chi connectivity index (χ2n) is 6.02. The van der Waals surface area contributed by atoms with Crippen molar-refractivity contribution >= 4 is 29.0 Å². The Bertz CT molecular complexity index is 861. The zero-order valence-corrected chi connectivity index (χ0v) is 15.7. The van der Waals surface area contributed by atoms with Crippen LogP contribution in [-0.4, -0.2) is 40.4 Å². The molecule has 0 bridgehead atoms. The lowest BCUT2D eigenvalue weighted by Crippen LogP contribution is -2.22. The molecule has 0 aliphatic rings. The number of nitrogens with zero attached hydrogens (tertiary/aromatic N) is 3. The van der Waals surface area contributed by atoms with Crippen molar-refractivity contribution in [1.82, 2.24) is 15.2 Å². The summed E-state index contributed by atoms with van der Waals surface area (Å²) in [6.45, 7) is 1.84. The maximum atomic E-state index is 12.4. The molecule has 2 aromatic carbocycles. The first kappa shape index (κ1) is 18.0. The highest BCUT2D eigenvalue weighted by Crippen LogP contribution is 2.24. The number of nitrogens with one attached hydrogen (secondary N) is 2. The topological polar surface area (TPSA) is 73.9 Å². The number of hydrogen-bond acceptors (Lipinski definition) is 5. The van der Waals surface area contributed by atoms with Crippen molar-refractivity contribution in [3.63, 3.8) is 0 Å². The molecule has 0 unspecified atom stereocenters. The molecular weight excluding hydrogens is 346 g/mol. The molecule has 3 aromatic rings. The molecule has 7 heteroatoms. The second-order valence-corrected chi connectivity index (χ2v) is 7.33. The molecular formula is C19H21N5OS. The first-order valence-corrected chi connectivity index (χ1v) is 9.13. The number of aromatic amines is 1. The van der Waals surface area contributed by atoms with Crippen molar-refractivity contribution in [3.8, 4) is 11.4 Å². The fourth-order valence-corrected chi connectivity index (χ4v) is 3.05. The van der Waals surface area contributed by atoms with Gasteiger partial charge in [0.25, 0.3) is 0 Å². The number of anilines is 2. The van der Waals surface area contributed by atoms with Gasteiger partial charge in [-0.3, -0.25) is 9.89 Å². The van der Waals surface area contributed by atoms with Crippen molar-refractivity contribution < 1.29 is 4.79 Å². The summed E-state index contributed by atoms with van der Waals surface area (Å²) in [5.41, 5.74) is 2.82. The Balaban J connectivity index is 1.60. The third-order valence-electron chi connectivity index (χ3n) is 3.81. The van der Waals surface area contributed by atoms with Gasteiger partial charge in [0.05, 0.1) is 5.25 Å². The molecule has 1 amide bonds. The Kier molecular flexibility index (Phi) is 5.58. The molecule has 0 saturated heterocycles. The molecule has 1 atom stereocenters. The van der Waals surface area contributed by atoms with Crippen LogP contribution < -0.4 is 10.2 Å². The van der Waals surface area contributed by atoms with Crippen molar-refractivity contribution in [3.05, 3.63) is 54.6 Å². The number of thioether (sulfide) groups is 1. The molecule has 1 aromatic heterocycles. The van der Waals surface area contributed by atoms with E-state index < -0.39 is 0 Å². The Morgan fingerprint density at radius 2 is 1.81 bits per heavy atom. The normalized spacial score (nSPS) is 11.8. The highest BCUT2D eigenvalue weighted by Gasteiger charge is 2.17. The van der Waals surface area contributed by atoms with E-state index in [2.05, 4.69) is 20.5 Å². The van der Waals surface area contributed by atoms with Gasteiger partial charge in [-0.25, -0.2) is 4.98 Å². The number of H-pyrrole nitrogens is 1. The van der Waals surface area contributed by atoms with Gasteiger partial charge in [0.1, 0.15) is 0 Å². The quantitative estimate of drug-likeness (QED) is 0.651. The number of benzene rings is 2. The van der Waals surface area contributed by atoms with Gasteiger partial charge in [-0.05, 0) is 31.2 Å². The number of amides is 1. The molecule has 0 radical (unpaired) electrons. The lowest BCUT2D eigenvalue weighted by molar-refractivity contribution is -0.115. The Morgan fingerprint density at radius 1 is 1.12 bits per heavy atom. The zero-order valence-electron chi connectivity index (χ0n) is 14.9. The van der Waals surface area contributed by atoms with Crippen molar-refractivity contribution in [2.45, 2.75) is 17.3 Å². The Morgan fingerprint density at radius 3 is 2.46 bits per heavy atom. The van der Waals surface area contributed by atoms with Crippen LogP contribution in [0.2, 0.25) is 0 Å². The zero-order chi connectivity index (χ0) is 18.5. The number of carbonyl (C=O) groups excluding carboxylic acids is 1. The van der Waals surface area contributed by atoms with E-state index in [0.717, 1.165) is 16.9 Å². The van der Waals surface area contributed by atoms with E-state index in [4.69, 9.17) is 0 Å². The highest BCUT2D eigenvalue weighted by molar-refractivity contribution is 8.00. The number of aromatic nitrogens is 3. The SMILES string of the molecule is C[C@@H](Sc1n[nH]c(-c2ccccc2)n1)C(=O)Nc1ccc(N(C)C)cc1. The average Bonchev–Trinajstić information content (AvgIpc) is 3.11. The van der Waals surface area contributed by atoms with Gasteiger partial charge in [0.2, 0.25) is 11.1 Å². The molecule has 0 aliphatic carbocycles. The maximum Gasteiger partial charge on any atom is 0.237 e. The number of hydrogen-bond donors (Lipinski definition) is 2. The fraction of sp³-hybridized carbons (Fsp3) is 0.211. The predicted molar refractivity (Wildman–Crippen MR) is 107 cm³/mol. The molecule has 0 fully saturated rings. The van der Waals surface area contributed by atoms with Gasteiger partial charge in [-0.15, -0.1) is 5.10 Å². The third-order valence-corrected chi connectivity index (χ3v) is 4.78. The summed E-state index contributed by atoms with van der Waals surface area (Å²) in [7, 11) is 3.96. The average molecular weight is 367 g/mol. The van der Waals surface area contributed by atoms with E-state index in [-0.39, 0.29) is 11.2 Å². The van der Waals surface area contributed by atoms with E-state index in [1.807, 2.05) is 80.5 Å². The maximum absolute atomic E-state index is 12.4. The first-order valence-electron chi connectivity index (χ1n) is 8.25. The monoisotopic (exact) mass is 367 g/mol. The minimum absolute atomic E-state index is 0.0846. The van der Waals surface area contributed by atoms with Crippen LogP contribution >= 0.6 is 11.8 Å². The summed E-state index contributed by atoms with van der Waals surface area (Å²) >= 11 is 1.32. The van der Waals surface area contributed by atoms with Crippen molar-refractivity contribution in [2.24, 2.45) is 0 Å². The van der Waals surface area contributed by atoms with E-state index in [9.17, 15) is 4.79 Å². The molecule has 0 aliphatic heterocycles.